The molecule has 4 aliphatic carbocycles. The summed E-state index contributed by atoms with van der Waals surface area (Å²) in [6.07, 6.45) is -0.843. The summed E-state index contributed by atoms with van der Waals surface area (Å²) in [5.41, 5.74) is -3.70. The van der Waals surface area contributed by atoms with Crippen molar-refractivity contribution in [3.8, 4) is 0 Å². The molecule has 0 aliphatic heterocycles. The molecule has 0 saturated heterocycles. The summed E-state index contributed by atoms with van der Waals surface area (Å²) >= 11 is 0. The molecule has 0 bridgehead atoms. The number of aromatic nitrogens is 3. The number of rotatable bonds is 5. The monoisotopic (exact) mass is 543 g/mol. The van der Waals surface area contributed by atoms with Gasteiger partial charge in [0.15, 0.2) is 0 Å². The Balaban J connectivity index is 1.30. The summed E-state index contributed by atoms with van der Waals surface area (Å²) in [4.78, 5) is 0. The Morgan fingerprint density at radius 1 is 1.05 bits per heavy atom. The van der Waals surface area contributed by atoms with Crippen molar-refractivity contribution in [2.24, 2.45) is 28.6 Å². The van der Waals surface area contributed by atoms with Crippen molar-refractivity contribution < 1.29 is 35.7 Å². The Morgan fingerprint density at radius 3 is 2.51 bits per heavy atom. The van der Waals surface area contributed by atoms with Crippen LogP contribution in [0.1, 0.15) is 69.2 Å². The second-order valence-electron chi connectivity index (χ2n) is 13.0. The minimum Gasteiger partial charge on any atom is -0.396 e. The van der Waals surface area contributed by atoms with E-state index in [0.717, 1.165) is 5.56 Å². The average Bonchev–Trinajstić information content (AvgIpc) is 3.46. The summed E-state index contributed by atoms with van der Waals surface area (Å²) in [5, 5.41) is 88.0. The van der Waals surface area contributed by atoms with Crippen LogP contribution in [0.15, 0.2) is 36.5 Å². The molecule has 1 aromatic heterocycles. The zero-order chi connectivity index (χ0) is 27.8. The summed E-state index contributed by atoms with van der Waals surface area (Å²) in [7, 11) is 0. The molecule has 4 aliphatic rings. The molecule has 6 rings (SSSR count). The first-order valence-corrected chi connectivity index (χ1v) is 14.2. The second kappa shape index (κ2) is 9.30. The van der Waals surface area contributed by atoms with Gasteiger partial charge in [-0.25, -0.2) is 4.68 Å². The number of benzene rings is 1. The van der Waals surface area contributed by atoms with Crippen LogP contribution in [0.3, 0.4) is 0 Å². The molecule has 2 aromatic rings. The Bertz CT molecular complexity index is 1200. The smallest absolute Gasteiger partial charge is 0.111 e. The highest BCUT2D eigenvalue weighted by atomic mass is 16.3. The minimum absolute atomic E-state index is 0.00547. The first-order chi connectivity index (χ1) is 18.5. The van der Waals surface area contributed by atoms with Gasteiger partial charge < -0.3 is 35.7 Å². The van der Waals surface area contributed by atoms with Crippen LogP contribution in [0.4, 0.5) is 0 Å². The van der Waals surface area contributed by atoms with Crippen LogP contribution in [-0.4, -0.2) is 86.9 Å². The van der Waals surface area contributed by atoms with Crippen LogP contribution in [0.2, 0.25) is 0 Å². The molecule has 0 radical (unpaired) electrons. The molecule has 7 N–H and O–H groups in total. The Hall–Kier alpha value is -1.92. The van der Waals surface area contributed by atoms with Crippen molar-refractivity contribution in [3.63, 3.8) is 0 Å². The average molecular weight is 544 g/mol. The van der Waals surface area contributed by atoms with E-state index in [4.69, 9.17) is 0 Å². The van der Waals surface area contributed by atoms with Crippen LogP contribution >= 0.6 is 0 Å². The van der Waals surface area contributed by atoms with E-state index in [2.05, 4.69) is 10.3 Å². The molecule has 0 amide bonds. The topological polar surface area (TPSA) is 172 Å². The lowest BCUT2D eigenvalue weighted by Crippen LogP contribution is -2.75. The van der Waals surface area contributed by atoms with Gasteiger partial charge in [0.05, 0.1) is 54.3 Å². The van der Waals surface area contributed by atoms with Gasteiger partial charge in [0.1, 0.15) is 11.8 Å². The van der Waals surface area contributed by atoms with Gasteiger partial charge in [-0.1, -0.05) is 42.5 Å². The third-order valence-electron chi connectivity index (χ3n) is 11.4. The van der Waals surface area contributed by atoms with Gasteiger partial charge >= 0.3 is 0 Å². The van der Waals surface area contributed by atoms with E-state index in [1.165, 1.54) is 0 Å². The summed E-state index contributed by atoms with van der Waals surface area (Å²) < 4.78 is 1.68. The predicted octanol–water partition coefficient (Wildman–Crippen LogP) is 0.523. The standard InChI is InChI=1S/C29H41N3O7/c1-26-13-22(35)24-19(7-9-27(38)12-18(34)11-23(36)28(24,27)16-33)29(26,39)10-8-20(26)25(37)21-15-32(31-30-21)14-17-5-3-2-4-6-17/h2-6,15,18-20,22-25,33-39H,7-14,16H2,1H3/t18-,19?,20+,22+,23+,24?,25?,26+,27-,28+,29-/m0/s1. The molecule has 0 spiro atoms. The zero-order valence-electron chi connectivity index (χ0n) is 22.3. The molecule has 10 nitrogen and oxygen atoms in total. The molecule has 11 atom stereocenters. The number of hydrogen-bond acceptors (Lipinski definition) is 9. The molecular formula is C29H41N3O7. The maximum absolute atomic E-state index is 12.4. The maximum Gasteiger partial charge on any atom is 0.111 e. The SMILES string of the molecule is C[C@]12C[C@@H](O)C3C(CC[C@]4(O)C[C@@H](O)C[C@@H](O)[C@]34CO)[C@@]1(O)CC[C@@H]2C(O)c1cn(Cc2ccccc2)nn1. The van der Waals surface area contributed by atoms with Crippen LogP contribution in [0.5, 0.6) is 0 Å². The van der Waals surface area contributed by atoms with Crippen molar-refractivity contribution in [1.29, 1.82) is 0 Å². The fraction of sp³-hybridized carbons (Fsp3) is 0.724. The fourth-order valence-electron chi connectivity index (χ4n) is 9.55. The predicted molar refractivity (Wildman–Crippen MR) is 139 cm³/mol. The highest BCUT2D eigenvalue weighted by Crippen LogP contribution is 2.70. The van der Waals surface area contributed by atoms with Crippen molar-refractivity contribution in [2.45, 2.75) is 94.0 Å². The maximum atomic E-state index is 12.4. The van der Waals surface area contributed by atoms with Gasteiger partial charge in [0.25, 0.3) is 0 Å². The van der Waals surface area contributed by atoms with E-state index in [-0.39, 0.29) is 25.7 Å². The summed E-state index contributed by atoms with van der Waals surface area (Å²) in [5.74, 6) is -1.66. The van der Waals surface area contributed by atoms with Crippen molar-refractivity contribution in [3.05, 3.63) is 47.8 Å². The van der Waals surface area contributed by atoms with Crippen molar-refractivity contribution in [2.75, 3.05) is 6.61 Å². The molecule has 4 fully saturated rings. The van der Waals surface area contributed by atoms with Gasteiger partial charge in [-0.3, -0.25) is 0 Å². The van der Waals surface area contributed by atoms with E-state index in [9.17, 15) is 35.7 Å². The van der Waals surface area contributed by atoms with Gasteiger partial charge in [-0.15, -0.1) is 5.10 Å². The molecule has 1 aromatic carbocycles. The largest absolute Gasteiger partial charge is 0.396 e. The third kappa shape index (κ3) is 3.72. The Kier molecular flexibility index (Phi) is 6.50. The van der Waals surface area contributed by atoms with Crippen molar-refractivity contribution >= 4 is 0 Å². The van der Waals surface area contributed by atoms with Crippen LogP contribution in [0.25, 0.3) is 0 Å². The highest BCUT2D eigenvalue weighted by Gasteiger charge is 2.75. The van der Waals surface area contributed by atoms with Gasteiger partial charge in [-0.05, 0) is 49.5 Å². The lowest BCUT2D eigenvalue weighted by atomic mass is 9.40. The first-order valence-electron chi connectivity index (χ1n) is 14.2. The van der Waals surface area contributed by atoms with E-state index in [1.54, 1.807) is 10.9 Å². The van der Waals surface area contributed by atoms with Gasteiger partial charge in [0.2, 0.25) is 0 Å². The van der Waals surface area contributed by atoms with Crippen LogP contribution in [0, 0.1) is 28.6 Å². The molecule has 3 unspecified atom stereocenters. The van der Waals surface area contributed by atoms with Gasteiger partial charge in [-0.2, -0.15) is 0 Å². The zero-order valence-corrected chi connectivity index (χ0v) is 22.3. The highest BCUT2D eigenvalue weighted by molar-refractivity contribution is 5.25. The van der Waals surface area contributed by atoms with Gasteiger partial charge in [0, 0.05) is 24.2 Å². The normalized spacial score (nSPS) is 46.3. The third-order valence-corrected chi connectivity index (χ3v) is 11.4. The quantitative estimate of drug-likeness (QED) is 0.284. The molecule has 10 heteroatoms. The van der Waals surface area contributed by atoms with E-state index in [0.29, 0.717) is 31.5 Å². The van der Waals surface area contributed by atoms with Crippen LogP contribution in [-0.2, 0) is 6.54 Å². The van der Waals surface area contributed by atoms with E-state index in [1.807, 2.05) is 37.3 Å². The number of aliphatic hydroxyl groups excluding tert-OH is 5. The Morgan fingerprint density at radius 2 is 1.79 bits per heavy atom. The lowest BCUT2D eigenvalue weighted by Gasteiger charge is -2.68. The molecular weight excluding hydrogens is 502 g/mol. The number of hydrogen-bond donors (Lipinski definition) is 7. The summed E-state index contributed by atoms with van der Waals surface area (Å²) in [6.45, 7) is 1.87. The fourth-order valence-corrected chi connectivity index (χ4v) is 9.55. The van der Waals surface area contributed by atoms with E-state index < -0.39 is 70.8 Å². The summed E-state index contributed by atoms with van der Waals surface area (Å²) in [6, 6.07) is 9.82. The van der Waals surface area contributed by atoms with E-state index >= 15 is 0 Å². The number of aliphatic hydroxyl groups is 7. The van der Waals surface area contributed by atoms with Crippen LogP contribution < -0.4 is 0 Å². The number of nitrogens with zero attached hydrogens (tertiary/aromatic N) is 3. The van der Waals surface area contributed by atoms with Crippen molar-refractivity contribution in [1.82, 2.24) is 15.0 Å². The first kappa shape index (κ1) is 27.3. The molecule has 214 valence electrons. The molecule has 4 saturated carbocycles. The Labute approximate surface area is 227 Å². The minimum atomic E-state index is -1.56. The molecule has 1 heterocycles. The molecule has 39 heavy (non-hydrogen) atoms. The lowest BCUT2D eigenvalue weighted by molar-refractivity contribution is -0.319. The second-order valence-corrected chi connectivity index (χ2v) is 13.0. The number of fused-ring (bicyclic) bond motifs is 5.